The van der Waals surface area contributed by atoms with Crippen LogP contribution in [-0.2, 0) is 20.8 Å². The van der Waals surface area contributed by atoms with Gasteiger partial charge in [0.05, 0.1) is 17.8 Å². The van der Waals surface area contributed by atoms with Crippen molar-refractivity contribution in [3.63, 3.8) is 0 Å². The topological polar surface area (TPSA) is 109 Å². The fraction of sp³-hybridized carbons (Fsp3) is 0.333. The highest BCUT2D eigenvalue weighted by Crippen LogP contribution is 2.36. The van der Waals surface area contributed by atoms with Crippen LogP contribution in [-0.4, -0.2) is 30.3 Å². The van der Waals surface area contributed by atoms with E-state index in [4.69, 9.17) is 24.6 Å². The van der Waals surface area contributed by atoms with Crippen LogP contribution >= 0.6 is 0 Å². The van der Waals surface area contributed by atoms with Crippen molar-refractivity contribution >= 4 is 24.6 Å². The molecule has 8 nitrogen and oxygen atoms in total. The van der Waals surface area contributed by atoms with Crippen molar-refractivity contribution in [3.8, 4) is 5.75 Å². The van der Waals surface area contributed by atoms with E-state index in [1.54, 1.807) is 0 Å². The summed E-state index contributed by atoms with van der Waals surface area (Å²) >= 11 is 0. The van der Waals surface area contributed by atoms with Crippen molar-refractivity contribution in [2.24, 2.45) is 5.73 Å². The summed E-state index contributed by atoms with van der Waals surface area (Å²) in [4.78, 5) is 28.1. The number of amides is 2. The number of hydrogen-bond donors (Lipinski definition) is 2. The third-order valence-electron chi connectivity index (χ3n) is 5.24. The molecule has 0 spiro atoms. The lowest BCUT2D eigenvalue weighted by atomic mass is 9.79. The highest BCUT2D eigenvalue weighted by atomic mass is 16.7. The monoisotopic (exact) mass is 412 g/mol. The van der Waals surface area contributed by atoms with Gasteiger partial charge in [0, 0.05) is 5.56 Å². The summed E-state index contributed by atoms with van der Waals surface area (Å²) in [5, 5.41) is 0. The number of hydrogen-bond acceptors (Lipinski definition) is 6. The van der Waals surface area contributed by atoms with Gasteiger partial charge in [0.1, 0.15) is 5.75 Å². The summed E-state index contributed by atoms with van der Waals surface area (Å²) in [7, 11) is -0.425. The Labute approximate surface area is 175 Å². The van der Waals surface area contributed by atoms with Crippen LogP contribution in [0.25, 0.3) is 0 Å². The van der Waals surface area contributed by atoms with Gasteiger partial charge in [0.2, 0.25) is 0 Å². The van der Waals surface area contributed by atoms with Gasteiger partial charge >= 0.3 is 13.2 Å². The number of benzene rings is 2. The molecule has 2 aromatic rings. The molecule has 0 radical (unpaired) electrons. The normalized spacial score (nSPS) is 16.9. The van der Waals surface area contributed by atoms with Crippen LogP contribution in [0, 0.1) is 0 Å². The van der Waals surface area contributed by atoms with E-state index < -0.39 is 30.3 Å². The van der Waals surface area contributed by atoms with Crippen LogP contribution in [0.4, 0.5) is 4.79 Å². The fourth-order valence-corrected chi connectivity index (χ4v) is 2.78. The third-order valence-corrected chi connectivity index (χ3v) is 5.24. The Balaban J connectivity index is 1.50. The fourth-order valence-electron chi connectivity index (χ4n) is 2.78. The van der Waals surface area contributed by atoms with E-state index in [0.717, 1.165) is 11.0 Å². The minimum atomic E-state index is -0.917. The lowest BCUT2D eigenvalue weighted by molar-refractivity contribution is 0.00578. The minimum Gasteiger partial charge on any atom is -0.411 e. The molecule has 0 aliphatic carbocycles. The number of rotatable bonds is 6. The Kier molecular flexibility index (Phi) is 6.16. The Bertz CT molecular complexity index is 896. The van der Waals surface area contributed by atoms with E-state index in [9.17, 15) is 9.59 Å². The van der Waals surface area contributed by atoms with Crippen LogP contribution < -0.4 is 21.4 Å². The summed E-state index contributed by atoms with van der Waals surface area (Å²) in [6.07, 6.45) is -0.917. The van der Waals surface area contributed by atoms with E-state index in [-0.39, 0.29) is 12.4 Å². The quantitative estimate of drug-likeness (QED) is 0.557. The predicted molar refractivity (Wildman–Crippen MR) is 111 cm³/mol. The summed E-state index contributed by atoms with van der Waals surface area (Å²) < 4.78 is 16.8. The molecule has 9 heteroatoms. The van der Waals surface area contributed by atoms with Gasteiger partial charge in [-0.3, -0.25) is 9.63 Å². The molecule has 2 amide bonds. The molecular weight excluding hydrogens is 387 g/mol. The van der Waals surface area contributed by atoms with Crippen LogP contribution in [0.1, 0.15) is 43.6 Å². The van der Waals surface area contributed by atoms with Crippen molar-refractivity contribution in [1.29, 1.82) is 0 Å². The second kappa shape index (κ2) is 8.47. The average molecular weight is 412 g/mol. The number of primary amides is 1. The first-order chi connectivity index (χ1) is 14.1. The van der Waals surface area contributed by atoms with Gasteiger partial charge < -0.3 is 19.8 Å². The highest BCUT2D eigenvalue weighted by molar-refractivity contribution is 6.62. The molecule has 1 heterocycles. The molecule has 1 aliphatic heterocycles. The molecular formula is C21H25BN2O6. The second-order valence-corrected chi connectivity index (χ2v) is 8.00. The standard InChI is InChI=1S/C21H25BN2O6/c1-20(2)21(3,4)30-22(29-20)16-9-5-14(6-10-16)13-27-24-18(25)15-7-11-17(12-8-15)28-19(23)26/h5-12H,13H2,1-4H3,(H2,23,26)(H,24,25). The van der Waals surface area contributed by atoms with E-state index in [2.05, 4.69) is 5.48 Å². The number of nitrogens with one attached hydrogen (secondary N) is 1. The maximum atomic E-state index is 12.1. The minimum absolute atomic E-state index is 0.193. The molecule has 1 fully saturated rings. The zero-order valence-corrected chi connectivity index (χ0v) is 17.4. The van der Waals surface area contributed by atoms with Crippen LogP contribution in [0.2, 0.25) is 0 Å². The maximum absolute atomic E-state index is 12.1. The summed E-state index contributed by atoms with van der Waals surface area (Å²) in [6.45, 7) is 8.23. The van der Waals surface area contributed by atoms with Crippen molar-refractivity contribution in [3.05, 3.63) is 59.7 Å². The number of carbonyl (C=O) groups is 2. The largest absolute Gasteiger partial charge is 0.494 e. The van der Waals surface area contributed by atoms with Gasteiger partial charge in [-0.2, -0.15) is 0 Å². The number of carbonyl (C=O) groups excluding carboxylic acids is 2. The molecule has 2 aromatic carbocycles. The van der Waals surface area contributed by atoms with Crippen molar-refractivity contribution in [2.75, 3.05) is 0 Å². The molecule has 0 unspecified atom stereocenters. The lowest BCUT2D eigenvalue weighted by Gasteiger charge is -2.32. The first-order valence-electron chi connectivity index (χ1n) is 9.51. The van der Waals surface area contributed by atoms with Crippen LogP contribution in [0.15, 0.2) is 48.5 Å². The molecule has 3 rings (SSSR count). The first-order valence-corrected chi connectivity index (χ1v) is 9.51. The Morgan fingerprint density at radius 3 is 2.07 bits per heavy atom. The molecule has 0 aromatic heterocycles. The smallest absolute Gasteiger partial charge is 0.411 e. The Morgan fingerprint density at radius 2 is 1.53 bits per heavy atom. The Morgan fingerprint density at radius 1 is 0.967 bits per heavy atom. The van der Waals surface area contributed by atoms with Gasteiger partial charge in [0.15, 0.2) is 0 Å². The van der Waals surface area contributed by atoms with Gasteiger partial charge in [-0.15, -0.1) is 0 Å². The SMILES string of the molecule is CC1(C)OB(c2ccc(CONC(=O)c3ccc(OC(N)=O)cc3)cc2)OC1(C)C. The summed E-state index contributed by atoms with van der Waals surface area (Å²) in [6, 6.07) is 13.5. The molecule has 1 saturated heterocycles. The van der Waals surface area contributed by atoms with E-state index >= 15 is 0 Å². The van der Waals surface area contributed by atoms with Crippen molar-refractivity contribution < 1.29 is 28.5 Å². The van der Waals surface area contributed by atoms with Crippen molar-refractivity contribution in [2.45, 2.75) is 45.5 Å². The molecule has 0 bridgehead atoms. The van der Waals surface area contributed by atoms with Crippen LogP contribution in [0.3, 0.4) is 0 Å². The maximum Gasteiger partial charge on any atom is 0.494 e. The second-order valence-electron chi connectivity index (χ2n) is 8.00. The summed E-state index contributed by atoms with van der Waals surface area (Å²) in [5.41, 5.74) is 8.67. The van der Waals surface area contributed by atoms with Gasteiger partial charge in [-0.25, -0.2) is 10.3 Å². The van der Waals surface area contributed by atoms with Crippen molar-refractivity contribution in [1.82, 2.24) is 5.48 Å². The number of hydroxylamine groups is 1. The third kappa shape index (κ3) is 4.99. The zero-order chi connectivity index (χ0) is 21.9. The highest BCUT2D eigenvalue weighted by Gasteiger charge is 2.51. The van der Waals surface area contributed by atoms with Gasteiger partial charge in [0.25, 0.3) is 5.91 Å². The van der Waals surface area contributed by atoms with Gasteiger partial charge in [-0.1, -0.05) is 24.3 Å². The summed E-state index contributed by atoms with van der Waals surface area (Å²) in [5.74, 6) is -0.170. The van der Waals surface area contributed by atoms with Crippen LogP contribution in [0.5, 0.6) is 5.75 Å². The Hall–Kier alpha value is -2.88. The lowest BCUT2D eigenvalue weighted by Crippen LogP contribution is -2.41. The molecule has 0 saturated carbocycles. The molecule has 1 aliphatic rings. The number of nitrogens with two attached hydrogens (primary N) is 1. The van der Waals surface area contributed by atoms with E-state index in [1.807, 2.05) is 52.0 Å². The number of ether oxygens (including phenoxy) is 1. The van der Waals surface area contributed by atoms with E-state index in [0.29, 0.717) is 5.56 Å². The first kappa shape index (κ1) is 21.8. The zero-order valence-electron chi connectivity index (χ0n) is 17.4. The van der Waals surface area contributed by atoms with E-state index in [1.165, 1.54) is 24.3 Å². The molecule has 0 atom stereocenters. The average Bonchev–Trinajstić information content (AvgIpc) is 2.89. The predicted octanol–water partition coefficient (Wildman–Crippen LogP) is 2.30. The van der Waals surface area contributed by atoms with Gasteiger partial charge in [-0.05, 0) is 63.0 Å². The molecule has 30 heavy (non-hydrogen) atoms. The molecule has 158 valence electrons. The molecule has 3 N–H and O–H groups in total.